The Morgan fingerprint density at radius 2 is 2.45 bits per heavy atom. The van der Waals surface area contributed by atoms with Crippen LogP contribution in [0.15, 0.2) is 22.0 Å². The van der Waals surface area contributed by atoms with E-state index in [4.69, 9.17) is 9.26 Å². The Hall–Kier alpha value is -1.70. The number of carbonyl (C=O) groups is 1. The predicted octanol–water partition coefficient (Wildman–Crippen LogP) is 1.77. The van der Waals surface area contributed by atoms with Gasteiger partial charge in [-0.3, -0.25) is 4.79 Å². The minimum absolute atomic E-state index is 0.0213. The SMILES string of the molecule is Cc1onc(-c2cccs2)c1C(=O)NCC1CN(C)CCO1. The van der Waals surface area contributed by atoms with E-state index in [0.717, 1.165) is 18.0 Å². The van der Waals surface area contributed by atoms with Crippen LogP contribution in [0.1, 0.15) is 16.1 Å². The maximum Gasteiger partial charge on any atom is 0.257 e. The first-order valence-corrected chi connectivity index (χ1v) is 8.11. The van der Waals surface area contributed by atoms with Crippen molar-refractivity contribution < 1.29 is 14.1 Å². The van der Waals surface area contributed by atoms with Crippen LogP contribution in [0.4, 0.5) is 0 Å². The third kappa shape index (κ3) is 3.21. The molecule has 1 aliphatic rings. The fourth-order valence-corrected chi connectivity index (χ4v) is 3.22. The lowest BCUT2D eigenvalue weighted by molar-refractivity contribution is -0.0175. The average Bonchev–Trinajstić information content (AvgIpc) is 3.14. The summed E-state index contributed by atoms with van der Waals surface area (Å²) >= 11 is 1.53. The Morgan fingerprint density at radius 3 is 3.18 bits per heavy atom. The molecule has 7 heteroatoms. The number of morpholine rings is 1. The number of amides is 1. The van der Waals surface area contributed by atoms with Gasteiger partial charge in [0.1, 0.15) is 17.0 Å². The highest BCUT2D eigenvalue weighted by molar-refractivity contribution is 7.13. The zero-order valence-electron chi connectivity index (χ0n) is 12.7. The van der Waals surface area contributed by atoms with Gasteiger partial charge in [0.25, 0.3) is 5.91 Å². The number of rotatable bonds is 4. The second-order valence-corrected chi connectivity index (χ2v) is 6.35. The van der Waals surface area contributed by atoms with Crippen LogP contribution in [-0.2, 0) is 4.74 Å². The fraction of sp³-hybridized carbons (Fsp3) is 0.467. The molecule has 1 saturated heterocycles. The lowest BCUT2D eigenvalue weighted by atomic mass is 10.1. The summed E-state index contributed by atoms with van der Waals surface area (Å²) in [6.45, 7) is 4.68. The molecule has 22 heavy (non-hydrogen) atoms. The molecule has 6 nitrogen and oxygen atoms in total. The van der Waals surface area contributed by atoms with Gasteiger partial charge in [0.05, 0.1) is 17.6 Å². The van der Waals surface area contributed by atoms with E-state index in [2.05, 4.69) is 22.4 Å². The third-order valence-electron chi connectivity index (χ3n) is 3.68. The van der Waals surface area contributed by atoms with Crippen molar-refractivity contribution in [3.8, 4) is 10.6 Å². The molecule has 1 fully saturated rings. The van der Waals surface area contributed by atoms with Crippen molar-refractivity contribution in [2.24, 2.45) is 0 Å². The normalized spacial score (nSPS) is 19.3. The standard InChI is InChI=1S/C15H19N3O3S/c1-10-13(14(17-21-10)12-4-3-7-22-12)15(19)16-8-11-9-18(2)5-6-20-11/h3-4,7,11H,5-6,8-9H2,1-2H3,(H,16,19). The number of hydrogen-bond donors (Lipinski definition) is 1. The summed E-state index contributed by atoms with van der Waals surface area (Å²) in [6, 6.07) is 3.86. The molecule has 0 radical (unpaired) electrons. The quantitative estimate of drug-likeness (QED) is 0.929. The first kappa shape index (κ1) is 15.2. The molecule has 1 N–H and O–H groups in total. The van der Waals surface area contributed by atoms with E-state index >= 15 is 0 Å². The largest absolute Gasteiger partial charge is 0.374 e. The van der Waals surface area contributed by atoms with Gasteiger partial charge in [-0.05, 0) is 25.4 Å². The molecule has 0 aliphatic carbocycles. The molecule has 2 aromatic heterocycles. The summed E-state index contributed by atoms with van der Waals surface area (Å²) in [5.41, 5.74) is 1.11. The van der Waals surface area contributed by atoms with E-state index < -0.39 is 0 Å². The van der Waals surface area contributed by atoms with Gasteiger partial charge in [0.15, 0.2) is 0 Å². The van der Waals surface area contributed by atoms with Gasteiger partial charge >= 0.3 is 0 Å². The fourth-order valence-electron chi connectivity index (χ4n) is 2.51. The van der Waals surface area contributed by atoms with Crippen molar-refractivity contribution in [2.45, 2.75) is 13.0 Å². The van der Waals surface area contributed by atoms with Crippen molar-refractivity contribution in [3.05, 3.63) is 28.8 Å². The number of thiophene rings is 1. The van der Waals surface area contributed by atoms with Crippen LogP contribution >= 0.6 is 11.3 Å². The zero-order chi connectivity index (χ0) is 15.5. The van der Waals surface area contributed by atoms with E-state index in [1.807, 2.05) is 17.5 Å². The Morgan fingerprint density at radius 1 is 1.59 bits per heavy atom. The maximum atomic E-state index is 12.5. The molecule has 1 atom stereocenters. The van der Waals surface area contributed by atoms with E-state index in [1.54, 1.807) is 6.92 Å². The lowest BCUT2D eigenvalue weighted by Gasteiger charge is -2.30. The number of nitrogens with one attached hydrogen (secondary N) is 1. The Bertz CT molecular complexity index is 639. The molecule has 1 aliphatic heterocycles. The summed E-state index contributed by atoms with van der Waals surface area (Å²) in [5.74, 6) is 0.363. The van der Waals surface area contributed by atoms with E-state index in [0.29, 0.717) is 30.2 Å². The van der Waals surface area contributed by atoms with Crippen molar-refractivity contribution in [2.75, 3.05) is 33.3 Å². The molecular weight excluding hydrogens is 302 g/mol. The summed E-state index contributed by atoms with van der Waals surface area (Å²) in [4.78, 5) is 15.6. The molecule has 0 aromatic carbocycles. The minimum Gasteiger partial charge on any atom is -0.374 e. The Labute approximate surface area is 133 Å². The second kappa shape index (κ2) is 6.60. The van der Waals surface area contributed by atoms with Gasteiger partial charge in [-0.1, -0.05) is 11.2 Å². The molecule has 3 rings (SSSR count). The Balaban J connectivity index is 1.69. The monoisotopic (exact) mass is 321 g/mol. The average molecular weight is 321 g/mol. The van der Waals surface area contributed by atoms with Crippen LogP contribution in [0.3, 0.4) is 0 Å². The number of aromatic nitrogens is 1. The van der Waals surface area contributed by atoms with Crippen molar-refractivity contribution in [1.82, 2.24) is 15.4 Å². The van der Waals surface area contributed by atoms with Crippen molar-refractivity contribution in [3.63, 3.8) is 0 Å². The zero-order valence-corrected chi connectivity index (χ0v) is 13.5. The van der Waals surface area contributed by atoms with Crippen LogP contribution in [0.5, 0.6) is 0 Å². The molecule has 0 spiro atoms. The summed E-state index contributed by atoms with van der Waals surface area (Å²) < 4.78 is 10.9. The van der Waals surface area contributed by atoms with Crippen LogP contribution in [-0.4, -0.2) is 55.4 Å². The number of nitrogens with zero attached hydrogens (tertiary/aromatic N) is 2. The highest BCUT2D eigenvalue weighted by Crippen LogP contribution is 2.28. The minimum atomic E-state index is -0.168. The smallest absolute Gasteiger partial charge is 0.257 e. The van der Waals surface area contributed by atoms with E-state index in [-0.39, 0.29) is 12.0 Å². The topological polar surface area (TPSA) is 67.6 Å². The van der Waals surface area contributed by atoms with Gasteiger partial charge in [0, 0.05) is 19.6 Å². The molecule has 1 unspecified atom stereocenters. The van der Waals surface area contributed by atoms with Gasteiger partial charge < -0.3 is 19.5 Å². The molecule has 0 saturated carbocycles. The highest BCUT2D eigenvalue weighted by atomic mass is 32.1. The Kier molecular flexibility index (Phi) is 4.56. The molecule has 1 amide bonds. The second-order valence-electron chi connectivity index (χ2n) is 5.40. The third-order valence-corrected chi connectivity index (χ3v) is 4.55. The van der Waals surface area contributed by atoms with Gasteiger partial charge in [0.2, 0.25) is 0 Å². The molecule has 118 valence electrons. The molecule has 0 bridgehead atoms. The van der Waals surface area contributed by atoms with Crippen LogP contribution in [0.25, 0.3) is 10.6 Å². The van der Waals surface area contributed by atoms with Crippen LogP contribution < -0.4 is 5.32 Å². The molecular formula is C15H19N3O3S. The summed E-state index contributed by atoms with van der Waals surface area (Å²) in [7, 11) is 2.05. The van der Waals surface area contributed by atoms with Gasteiger partial charge in [-0.25, -0.2) is 0 Å². The predicted molar refractivity (Wildman–Crippen MR) is 84.1 cm³/mol. The number of hydrogen-bond acceptors (Lipinski definition) is 6. The maximum absolute atomic E-state index is 12.5. The van der Waals surface area contributed by atoms with Gasteiger partial charge in [-0.2, -0.15) is 0 Å². The number of aryl methyl sites for hydroxylation is 1. The van der Waals surface area contributed by atoms with Crippen molar-refractivity contribution >= 4 is 17.2 Å². The number of ether oxygens (including phenoxy) is 1. The molecule has 2 aromatic rings. The van der Waals surface area contributed by atoms with Crippen molar-refractivity contribution in [1.29, 1.82) is 0 Å². The van der Waals surface area contributed by atoms with Crippen LogP contribution in [0.2, 0.25) is 0 Å². The number of likely N-dealkylation sites (N-methyl/N-ethyl adjacent to an activating group) is 1. The summed E-state index contributed by atoms with van der Waals surface area (Å²) in [5, 5.41) is 8.90. The van der Waals surface area contributed by atoms with Gasteiger partial charge in [-0.15, -0.1) is 11.3 Å². The first-order chi connectivity index (χ1) is 10.6. The lowest BCUT2D eigenvalue weighted by Crippen LogP contribution is -2.46. The first-order valence-electron chi connectivity index (χ1n) is 7.23. The van der Waals surface area contributed by atoms with E-state index in [1.165, 1.54) is 11.3 Å². The summed E-state index contributed by atoms with van der Waals surface area (Å²) in [6.07, 6.45) is 0.0213. The molecule has 3 heterocycles. The highest BCUT2D eigenvalue weighted by Gasteiger charge is 2.24. The van der Waals surface area contributed by atoms with E-state index in [9.17, 15) is 4.79 Å². The van der Waals surface area contributed by atoms with Crippen LogP contribution in [0, 0.1) is 6.92 Å². The number of carbonyl (C=O) groups excluding carboxylic acids is 1.